The minimum Gasteiger partial charge on any atom is -0.480 e. The van der Waals surface area contributed by atoms with E-state index >= 15 is 0 Å². The highest BCUT2D eigenvalue weighted by molar-refractivity contribution is 9.10. The number of nitrogens with one attached hydrogen (secondary N) is 3. The summed E-state index contributed by atoms with van der Waals surface area (Å²) < 4.78 is 0.978. The number of rotatable bonds is 18. The first-order chi connectivity index (χ1) is 20.5. The third-order valence-corrected chi connectivity index (χ3v) is 7.44. The molecule has 0 saturated heterocycles. The summed E-state index contributed by atoms with van der Waals surface area (Å²) in [5.41, 5.74) is 5.33. The van der Waals surface area contributed by atoms with Crippen LogP contribution in [0.25, 0.3) is 0 Å². The van der Waals surface area contributed by atoms with E-state index < -0.39 is 12.0 Å². The standard InChI is InChI=1S/C33H39BrN6O2/c34-29-13-11-26(12-14-29)21-32(33(41)42)39-22-27-7-9-28(10-8-27)25-40(19-17-35-23-30-5-1-3-15-37-30)20-18-36-24-31-6-2-4-16-38-31/h1-16,32,35-36,39H,17-25H2,(H,41,42)/t32-/m1/s1. The van der Waals surface area contributed by atoms with Gasteiger partial charge in [0, 0.05) is 69.2 Å². The largest absolute Gasteiger partial charge is 0.480 e. The molecule has 4 rings (SSSR count). The number of carboxylic acids is 1. The van der Waals surface area contributed by atoms with Crippen molar-refractivity contribution in [3.05, 3.63) is 130 Å². The van der Waals surface area contributed by atoms with E-state index in [0.29, 0.717) is 13.0 Å². The van der Waals surface area contributed by atoms with Crippen LogP contribution in [0.3, 0.4) is 0 Å². The maximum absolute atomic E-state index is 11.9. The first kappa shape index (κ1) is 31.5. The molecule has 0 radical (unpaired) electrons. The smallest absolute Gasteiger partial charge is 0.321 e. The molecule has 0 aliphatic rings. The molecule has 42 heavy (non-hydrogen) atoms. The Labute approximate surface area is 256 Å². The van der Waals surface area contributed by atoms with Gasteiger partial charge in [-0.1, -0.05) is 64.5 Å². The second kappa shape index (κ2) is 17.5. The Bertz CT molecular complexity index is 1280. The van der Waals surface area contributed by atoms with Gasteiger partial charge in [0.05, 0.1) is 11.4 Å². The van der Waals surface area contributed by atoms with Gasteiger partial charge in [0.2, 0.25) is 0 Å². The zero-order chi connectivity index (χ0) is 29.4. The molecule has 0 unspecified atom stereocenters. The molecule has 220 valence electrons. The minimum absolute atomic E-state index is 0.429. The van der Waals surface area contributed by atoms with Gasteiger partial charge in [0.15, 0.2) is 0 Å². The van der Waals surface area contributed by atoms with Crippen LogP contribution in [-0.4, -0.2) is 58.2 Å². The number of aliphatic carboxylic acids is 1. The van der Waals surface area contributed by atoms with Crippen LogP contribution in [0.5, 0.6) is 0 Å². The molecule has 0 fully saturated rings. The molecule has 4 aromatic rings. The minimum atomic E-state index is -0.849. The summed E-state index contributed by atoms with van der Waals surface area (Å²) >= 11 is 3.43. The van der Waals surface area contributed by atoms with E-state index in [0.717, 1.165) is 72.8 Å². The fourth-order valence-corrected chi connectivity index (χ4v) is 4.81. The summed E-state index contributed by atoms with van der Waals surface area (Å²) in [7, 11) is 0. The molecule has 0 aliphatic carbocycles. The quantitative estimate of drug-likeness (QED) is 0.120. The Morgan fingerprint density at radius 3 is 1.81 bits per heavy atom. The summed E-state index contributed by atoms with van der Waals surface area (Å²) in [5.74, 6) is -0.849. The van der Waals surface area contributed by atoms with Crippen LogP contribution in [0, 0.1) is 0 Å². The van der Waals surface area contributed by atoms with Crippen LogP contribution in [0.4, 0.5) is 0 Å². The third kappa shape index (κ3) is 11.4. The van der Waals surface area contributed by atoms with Crippen molar-refractivity contribution in [3.63, 3.8) is 0 Å². The number of halogens is 1. The van der Waals surface area contributed by atoms with Crippen molar-refractivity contribution in [3.8, 4) is 0 Å². The fraction of sp³-hybridized carbons (Fsp3) is 0.303. The maximum Gasteiger partial charge on any atom is 0.321 e. The van der Waals surface area contributed by atoms with Gasteiger partial charge >= 0.3 is 5.97 Å². The SMILES string of the molecule is O=C(O)[C@@H](Cc1ccc(Br)cc1)NCc1ccc(CN(CCNCc2ccccn2)CCNCc2ccccn2)cc1. The molecular formula is C33H39BrN6O2. The predicted octanol–water partition coefficient (Wildman–Crippen LogP) is 4.41. The molecule has 0 spiro atoms. The number of carbonyl (C=O) groups is 1. The van der Waals surface area contributed by atoms with Crippen molar-refractivity contribution >= 4 is 21.9 Å². The van der Waals surface area contributed by atoms with Crippen molar-refractivity contribution in [2.24, 2.45) is 0 Å². The Morgan fingerprint density at radius 1 is 0.738 bits per heavy atom. The lowest BCUT2D eigenvalue weighted by Gasteiger charge is -2.23. The number of carboxylic acid groups (broad SMARTS) is 1. The molecule has 0 saturated carbocycles. The Kier molecular flexibility index (Phi) is 13.1. The second-order valence-electron chi connectivity index (χ2n) is 10.2. The first-order valence-electron chi connectivity index (χ1n) is 14.3. The van der Waals surface area contributed by atoms with Crippen LogP contribution in [0.1, 0.15) is 28.1 Å². The Hall–Kier alpha value is -3.47. The lowest BCUT2D eigenvalue weighted by molar-refractivity contribution is -0.139. The zero-order valence-electron chi connectivity index (χ0n) is 23.8. The van der Waals surface area contributed by atoms with Gasteiger partial charge in [-0.2, -0.15) is 0 Å². The molecule has 1 atom stereocenters. The molecule has 2 aromatic heterocycles. The average Bonchev–Trinajstić information content (AvgIpc) is 3.02. The van der Waals surface area contributed by atoms with Crippen LogP contribution < -0.4 is 16.0 Å². The normalized spacial score (nSPS) is 12.0. The lowest BCUT2D eigenvalue weighted by Crippen LogP contribution is -2.38. The van der Waals surface area contributed by atoms with Crippen molar-refractivity contribution in [1.29, 1.82) is 0 Å². The van der Waals surface area contributed by atoms with Gasteiger partial charge < -0.3 is 21.1 Å². The van der Waals surface area contributed by atoms with Gasteiger partial charge in [0.25, 0.3) is 0 Å². The van der Waals surface area contributed by atoms with E-state index in [2.05, 4.69) is 71.0 Å². The topological polar surface area (TPSA) is 102 Å². The number of aromatic nitrogens is 2. The molecule has 8 nitrogen and oxygen atoms in total. The highest BCUT2D eigenvalue weighted by atomic mass is 79.9. The van der Waals surface area contributed by atoms with E-state index in [9.17, 15) is 9.90 Å². The molecular weight excluding hydrogens is 592 g/mol. The summed E-state index contributed by atoms with van der Waals surface area (Å²) in [5, 5.41) is 19.9. The number of pyridine rings is 2. The van der Waals surface area contributed by atoms with Gasteiger partial charge in [-0.05, 0) is 59.5 Å². The van der Waals surface area contributed by atoms with E-state index in [-0.39, 0.29) is 0 Å². The molecule has 0 amide bonds. The predicted molar refractivity (Wildman–Crippen MR) is 170 cm³/mol. The highest BCUT2D eigenvalue weighted by Gasteiger charge is 2.17. The number of hydrogen-bond donors (Lipinski definition) is 4. The number of hydrogen-bond acceptors (Lipinski definition) is 7. The lowest BCUT2D eigenvalue weighted by atomic mass is 10.1. The Morgan fingerprint density at radius 2 is 1.29 bits per heavy atom. The number of nitrogens with zero attached hydrogens (tertiary/aromatic N) is 3. The van der Waals surface area contributed by atoms with Crippen molar-refractivity contribution < 1.29 is 9.90 Å². The maximum atomic E-state index is 11.9. The zero-order valence-corrected chi connectivity index (χ0v) is 25.3. The fourth-order valence-electron chi connectivity index (χ4n) is 4.55. The van der Waals surface area contributed by atoms with Crippen LogP contribution in [0.15, 0.2) is 102 Å². The van der Waals surface area contributed by atoms with E-state index in [1.165, 1.54) is 5.56 Å². The third-order valence-electron chi connectivity index (χ3n) is 6.91. The highest BCUT2D eigenvalue weighted by Crippen LogP contribution is 2.13. The van der Waals surface area contributed by atoms with Gasteiger partial charge in [-0.3, -0.25) is 19.7 Å². The van der Waals surface area contributed by atoms with Gasteiger partial charge in [-0.15, -0.1) is 0 Å². The van der Waals surface area contributed by atoms with E-state index in [4.69, 9.17) is 0 Å². The summed E-state index contributed by atoms with van der Waals surface area (Å²) in [6.07, 6.45) is 4.07. The van der Waals surface area contributed by atoms with Gasteiger partial charge in [-0.25, -0.2) is 0 Å². The molecule has 2 aromatic carbocycles. The van der Waals surface area contributed by atoms with Crippen LogP contribution in [-0.2, 0) is 37.4 Å². The van der Waals surface area contributed by atoms with Gasteiger partial charge in [0.1, 0.15) is 6.04 Å². The monoisotopic (exact) mass is 630 g/mol. The van der Waals surface area contributed by atoms with Crippen molar-refractivity contribution in [2.45, 2.75) is 38.6 Å². The van der Waals surface area contributed by atoms with Crippen LogP contribution in [0.2, 0.25) is 0 Å². The second-order valence-corrected chi connectivity index (χ2v) is 11.1. The molecule has 0 bridgehead atoms. The average molecular weight is 632 g/mol. The molecule has 2 heterocycles. The van der Waals surface area contributed by atoms with Crippen molar-refractivity contribution in [1.82, 2.24) is 30.8 Å². The van der Waals surface area contributed by atoms with E-state index in [1.54, 1.807) is 0 Å². The summed E-state index contributed by atoms with van der Waals surface area (Å²) in [6.45, 7) is 6.32. The summed E-state index contributed by atoms with van der Waals surface area (Å²) in [4.78, 5) is 23.1. The molecule has 9 heteroatoms. The molecule has 0 aliphatic heterocycles. The number of benzene rings is 2. The van der Waals surface area contributed by atoms with E-state index in [1.807, 2.05) is 73.1 Å². The van der Waals surface area contributed by atoms with Crippen LogP contribution >= 0.6 is 15.9 Å². The van der Waals surface area contributed by atoms with Crippen molar-refractivity contribution in [2.75, 3.05) is 26.2 Å². The Balaban J connectivity index is 1.27. The first-order valence-corrected chi connectivity index (χ1v) is 15.1. The summed E-state index contributed by atoms with van der Waals surface area (Å²) in [6, 6.07) is 27.5. The molecule has 4 N–H and O–H groups in total.